The van der Waals surface area contributed by atoms with Crippen molar-refractivity contribution in [1.29, 1.82) is 0 Å². The zero-order valence-corrected chi connectivity index (χ0v) is 16.5. The van der Waals surface area contributed by atoms with Crippen LogP contribution in [0.2, 0.25) is 0 Å². The number of aromatic nitrogens is 2. The van der Waals surface area contributed by atoms with Crippen LogP contribution in [0.25, 0.3) is 11.3 Å². The zero-order valence-electron chi connectivity index (χ0n) is 15.7. The SMILES string of the molecule is CCOc1ccc(F)c(-c2ccnc([C@@H]3CC[C@]4(CCCNC4=O)N3)n2)c1.Cl. The number of hydrogen-bond donors (Lipinski definition) is 2. The summed E-state index contributed by atoms with van der Waals surface area (Å²) >= 11 is 0. The lowest BCUT2D eigenvalue weighted by Crippen LogP contribution is -2.57. The normalized spacial score (nSPS) is 23.9. The van der Waals surface area contributed by atoms with E-state index >= 15 is 0 Å². The van der Waals surface area contributed by atoms with E-state index in [0.29, 0.717) is 29.4 Å². The molecule has 1 amide bonds. The number of halogens is 2. The molecule has 2 saturated heterocycles. The van der Waals surface area contributed by atoms with Crippen LogP contribution in [0.4, 0.5) is 4.39 Å². The Hall–Kier alpha value is -2.25. The molecule has 2 aliphatic heterocycles. The maximum atomic E-state index is 14.4. The summed E-state index contributed by atoms with van der Waals surface area (Å²) in [6.45, 7) is 3.12. The predicted octanol–water partition coefficient (Wildman–Crippen LogP) is 3.18. The number of nitrogens with zero attached hydrogens (tertiary/aromatic N) is 2. The molecule has 1 aromatic carbocycles. The van der Waals surface area contributed by atoms with Crippen molar-refractivity contribution >= 4 is 18.3 Å². The van der Waals surface area contributed by atoms with Gasteiger partial charge in [-0.15, -0.1) is 12.4 Å². The molecule has 4 rings (SSSR count). The molecule has 1 spiro atoms. The van der Waals surface area contributed by atoms with Gasteiger partial charge in [0.15, 0.2) is 0 Å². The summed E-state index contributed by atoms with van der Waals surface area (Å²) in [4.78, 5) is 21.3. The van der Waals surface area contributed by atoms with Crippen LogP contribution in [0.1, 0.15) is 44.5 Å². The second-order valence-electron chi connectivity index (χ2n) is 7.05. The number of rotatable bonds is 4. The lowest BCUT2D eigenvalue weighted by molar-refractivity contribution is -0.129. The number of benzene rings is 1. The molecule has 1 aromatic heterocycles. The van der Waals surface area contributed by atoms with Crippen LogP contribution >= 0.6 is 12.4 Å². The van der Waals surface area contributed by atoms with E-state index in [9.17, 15) is 9.18 Å². The first kappa shape index (κ1) is 20.5. The highest BCUT2D eigenvalue weighted by Gasteiger charge is 2.46. The van der Waals surface area contributed by atoms with Crippen molar-refractivity contribution in [1.82, 2.24) is 20.6 Å². The molecule has 6 nitrogen and oxygen atoms in total. The molecule has 2 fully saturated rings. The summed E-state index contributed by atoms with van der Waals surface area (Å²) in [7, 11) is 0. The Labute approximate surface area is 169 Å². The molecular formula is C20H24ClFN4O2. The minimum Gasteiger partial charge on any atom is -0.494 e. The van der Waals surface area contributed by atoms with Crippen LogP contribution in [-0.4, -0.2) is 34.6 Å². The zero-order chi connectivity index (χ0) is 18.9. The minimum atomic E-state index is -0.525. The van der Waals surface area contributed by atoms with Crippen LogP contribution in [0.15, 0.2) is 30.5 Å². The van der Waals surface area contributed by atoms with Gasteiger partial charge in [0.05, 0.1) is 23.9 Å². The van der Waals surface area contributed by atoms with Gasteiger partial charge in [0.2, 0.25) is 5.91 Å². The Morgan fingerprint density at radius 1 is 1.32 bits per heavy atom. The number of nitrogens with one attached hydrogen (secondary N) is 2. The van der Waals surface area contributed by atoms with Gasteiger partial charge >= 0.3 is 0 Å². The van der Waals surface area contributed by atoms with Crippen molar-refractivity contribution in [2.45, 2.75) is 44.2 Å². The fourth-order valence-electron chi connectivity index (χ4n) is 3.96. The lowest BCUT2D eigenvalue weighted by Gasteiger charge is -2.33. The third-order valence-corrected chi connectivity index (χ3v) is 5.32. The number of carbonyl (C=O) groups is 1. The van der Waals surface area contributed by atoms with Gasteiger partial charge in [0.25, 0.3) is 0 Å². The Morgan fingerprint density at radius 3 is 2.96 bits per heavy atom. The lowest BCUT2D eigenvalue weighted by atomic mass is 9.88. The van der Waals surface area contributed by atoms with E-state index in [4.69, 9.17) is 4.74 Å². The first-order valence-corrected chi connectivity index (χ1v) is 9.43. The van der Waals surface area contributed by atoms with E-state index in [1.165, 1.54) is 6.07 Å². The number of piperidine rings is 1. The Morgan fingerprint density at radius 2 is 2.18 bits per heavy atom. The average Bonchev–Trinajstić information content (AvgIpc) is 3.11. The van der Waals surface area contributed by atoms with Gasteiger partial charge in [-0.3, -0.25) is 10.1 Å². The van der Waals surface area contributed by atoms with Gasteiger partial charge < -0.3 is 10.1 Å². The van der Waals surface area contributed by atoms with Crippen LogP contribution in [0, 0.1) is 5.82 Å². The van der Waals surface area contributed by atoms with Gasteiger partial charge in [-0.25, -0.2) is 14.4 Å². The Balaban J connectivity index is 0.00000225. The Kier molecular flexibility index (Phi) is 6.15. The van der Waals surface area contributed by atoms with E-state index in [-0.39, 0.29) is 30.2 Å². The van der Waals surface area contributed by atoms with Crippen molar-refractivity contribution in [3.05, 3.63) is 42.1 Å². The first-order valence-electron chi connectivity index (χ1n) is 9.43. The molecule has 0 radical (unpaired) electrons. The maximum Gasteiger partial charge on any atom is 0.240 e. The quantitative estimate of drug-likeness (QED) is 0.815. The van der Waals surface area contributed by atoms with E-state index < -0.39 is 5.54 Å². The topological polar surface area (TPSA) is 76.1 Å². The van der Waals surface area contributed by atoms with Crippen molar-refractivity contribution in [2.75, 3.05) is 13.2 Å². The summed E-state index contributed by atoms with van der Waals surface area (Å²) in [6, 6.07) is 6.22. The van der Waals surface area contributed by atoms with Crippen LogP contribution in [0.5, 0.6) is 5.75 Å². The summed E-state index contributed by atoms with van der Waals surface area (Å²) in [5, 5.41) is 6.39. The molecule has 0 aliphatic carbocycles. The third kappa shape index (κ3) is 3.82. The summed E-state index contributed by atoms with van der Waals surface area (Å²) in [5.41, 5.74) is 0.366. The third-order valence-electron chi connectivity index (χ3n) is 5.32. The number of ether oxygens (including phenoxy) is 1. The molecule has 2 aliphatic rings. The summed E-state index contributed by atoms with van der Waals surface area (Å²) in [6.07, 6.45) is 4.95. The van der Waals surface area contributed by atoms with E-state index in [1.807, 2.05) is 6.92 Å². The summed E-state index contributed by atoms with van der Waals surface area (Å²) in [5.74, 6) is 0.892. The molecule has 3 heterocycles. The molecule has 8 heteroatoms. The number of hydrogen-bond acceptors (Lipinski definition) is 5. The summed E-state index contributed by atoms with van der Waals surface area (Å²) < 4.78 is 19.8. The second kappa shape index (κ2) is 8.41. The fraction of sp³-hybridized carbons (Fsp3) is 0.450. The largest absolute Gasteiger partial charge is 0.494 e. The fourth-order valence-corrected chi connectivity index (χ4v) is 3.96. The molecule has 150 valence electrons. The van der Waals surface area contributed by atoms with Crippen LogP contribution in [0.3, 0.4) is 0 Å². The average molecular weight is 407 g/mol. The Bertz CT molecular complexity index is 866. The molecule has 0 unspecified atom stereocenters. The molecular weight excluding hydrogens is 383 g/mol. The molecule has 0 saturated carbocycles. The minimum absolute atomic E-state index is 0. The molecule has 28 heavy (non-hydrogen) atoms. The first-order chi connectivity index (χ1) is 13.1. The smallest absolute Gasteiger partial charge is 0.240 e. The maximum absolute atomic E-state index is 14.4. The molecule has 2 atom stereocenters. The van der Waals surface area contributed by atoms with Crippen molar-refractivity contribution in [2.24, 2.45) is 0 Å². The van der Waals surface area contributed by atoms with Crippen LogP contribution < -0.4 is 15.4 Å². The van der Waals surface area contributed by atoms with Crippen molar-refractivity contribution < 1.29 is 13.9 Å². The molecule has 0 bridgehead atoms. The van der Waals surface area contributed by atoms with Crippen molar-refractivity contribution in [3.8, 4) is 17.0 Å². The van der Waals surface area contributed by atoms with Gasteiger partial charge in [0.1, 0.15) is 17.4 Å². The monoisotopic (exact) mass is 406 g/mol. The molecule has 2 N–H and O–H groups in total. The number of amides is 1. The van der Waals surface area contributed by atoms with Gasteiger partial charge in [0, 0.05) is 18.3 Å². The van der Waals surface area contributed by atoms with E-state index in [0.717, 1.165) is 32.2 Å². The number of carbonyl (C=O) groups excluding carboxylic acids is 1. The van der Waals surface area contributed by atoms with Crippen molar-refractivity contribution in [3.63, 3.8) is 0 Å². The highest BCUT2D eigenvalue weighted by molar-refractivity contribution is 5.87. The van der Waals surface area contributed by atoms with Gasteiger partial charge in [-0.1, -0.05) is 0 Å². The highest BCUT2D eigenvalue weighted by atomic mass is 35.5. The standard InChI is InChI=1S/C20H23FN4O2.ClH/c1-2-27-13-4-5-15(21)14(12-13)16-7-11-22-18(24-16)17-6-9-20(25-17)8-3-10-23-19(20)26;/h4-5,7,11-12,17,25H,2-3,6,8-10H2,1H3,(H,23,26);1H/t17-,20-;/m0./s1. The predicted molar refractivity (Wildman–Crippen MR) is 106 cm³/mol. The highest BCUT2D eigenvalue weighted by Crippen LogP contribution is 2.36. The van der Waals surface area contributed by atoms with Gasteiger partial charge in [-0.2, -0.15) is 0 Å². The molecule has 2 aromatic rings. The van der Waals surface area contributed by atoms with E-state index in [1.54, 1.807) is 24.4 Å². The van der Waals surface area contributed by atoms with Gasteiger partial charge in [-0.05, 0) is 56.9 Å². The second-order valence-corrected chi connectivity index (χ2v) is 7.05. The van der Waals surface area contributed by atoms with Crippen LogP contribution in [-0.2, 0) is 4.79 Å². The van der Waals surface area contributed by atoms with E-state index in [2.05, 4.69) is 20.6 Å².